The molecule has 1 aromatic heterocycles. The van der Waals surface area contributed by atoms with E-state index in [0.29, 0.717) is 46.0 Å². The largest absolute Gasteiger partial charge is 0.495 e. The number of nitrogens with two attached hydrogens (primary N) is 1. The van der Waals surface area contributed by atoms with Crippen molar-refractivity contribution in [1.29, 1.82) is 0 Å². The van der Waals surface area contributed by atoms with Crippen molar-refractivity contribution in [3.63, 3.8) is 0 Å². The predicted molar refractivity (Wildman–Crippen MR) is 135 cm³/mol. The summed E-state index contributed by atoms with van der Waals surface area (Å²) >= 11 is 13.1. The van der Waals surface area contributed by atoms with Crippen LogP contribution in [0.5, 0.6) is 11.5 Å². The van der Waals surface area contributed by atoms with Crippen molar-refractivity contribution < 1.29 is 17.9 Å². The number of fused-ring (bicyclic) bond motifs is 1. The summed E-state index contributed by atoms with van der Waals surface area (Å²) in [5, 5.41) is 13.3. The van der Waals surface area contributed by atoms with Gasteiger partial charge in [0, 0.05) is 41.8 Å². The third-order valence-electron chi connectivity index (χ3n) is 5.75. The van der Waals surface area contributed by atoms with Crippen LogP contribution < -0.4 is 25.2 Å². The van der Waals surface area contributed by atoms with Gasteiger partial charge in [0.2, 0.25) is 16.0 Å². The van der Waals surface area contributed by atoms with Crippen molar-refractivity contribution in [1.82, 2.24) is 15.3 Å². The Morgan fingerprint density at radius 3 is 2.53 bits per heavy atom. The lowest BCUT2D eigenvalue weighted by Crippen LogP contribution is -2.27. The van der Waals surface area contributed by atoms with E-state index in [9.17, 15) is 8.42 Å². The SMILES string of the molecule is COc1cc(OC)c(Cl)c(-c2ccc3nc(N[C@@H]4CN[C@H](CCS(N)(=O)=O)C4)ncc3c2)c1Cl. The van der Waals surface area contributed by atoms with Crippen LogP contribution in [0.15, 0.2) is 30.5 Å². The fourth-order valence-corrected chi connectivity index (χ4v) is 5.37. The standard InChI is InChI=1S/C22H25Cl2N5O4S/c1-32-17-9-18(33-2)21(24)19(20(17)23)12-3-4-16-13(7-12)10-27-22(29-16)28-15-8-14(26-11-15)5-6-34(25,30)31/h3-4,7,9-10,14-15,26H,5-6,8,11H2,1-2H3,(H2,25,30,31)(H,27,28,29)/t14-,15+/m1/s1. The van der Waals surface area contributed by atoms with Crippen molar-refractivity contribution in [3.8, 4) is 22.6 Å². The maximum Gasteiger partial charge on any atom is 0.223 e. The number of rotatable bonds is 8. The van der Waals surface area contributed by atoms with E-state index in [1.54, 1.807) is 12.3 Å². The third-order valence-corrected chi connectivity index (χ3v) is 7.30. The van der Waals surface area contributed by atoms with Crippen molar-refractivity contribution in [2.24, 2.45) is 5.14 Å². The van der Waals surface area contributed by atoms with Crippen LogP contribution in [0, 0.1) is 0 Å². The highest BCUT2D eigenvalue weighted by molar-refractivity contribution is 7.89. The quantitative estimate of drug-likeness (QED) is 0.407. The molecule has 0 saturated carbocycles. The summed E-state index contributed by atoms with van der Waals surface area (Å²) in [6.07, 6.45) is 2.96. The van der Waals surface area contributed by atoms with Gasteiger partial charge in [0.05, 0.1) is 35.5 Å². The molecule has 182 valence electrons. The van der Waals surface area contributed by atoms with E-state index in [0.717, 1.165) is 22.9 Å². The zero-order valence-electron chi connectivity index (χ0n) is 18.6. The molecule has 12 heteroatoms. The first-order valence-electron chi connectivity index (χ1n) is 10.6. The number of hydrogen-bond acceptors (Lipinski definition) is 8. The number of anilines is 1. The monoisotopic (exact) mass is 525 g/mol. The smallest absolute Gasteiger partial charge is 0.223 e. The number of benzene rings is 2. The molecule has 0 unspecified atom stereocenters. The van der Waals surface area contributed by atoms with Crippen LogP contribution in [0.2, 0.25) is 10.0 Å². The summed E-state index contributed by atoms with van der Waals surface area (Å²) in [5.41, 5.74) is 2.13. The van der Waals surface area contributed by atoms with Gasteiger partial charge in [0.1, 0.15) is 11.5 Å². The van der Waals surface area contributed by atoms with E-state index in [2.05, 4.69) is 20.6 Å². The molecule has 0 radical (unpaired) electrons. The highest BCUT2D eigenvalue weighted by Gasteiger charge is 2.25. The Kier molecular flexibility index (Phi) is 7.34. The Labute approximate surface area is 208 Å². The van der Waals surface area contributed by atoms with Gasteiger partial charge in [-0.15, -0.1) is 0 Å². The second-order valence-corrected chi connectivity index (χ2v) is 10.6. The summed E-state index contributed by atoms with van der Waals surface area (Å²) in [4.78, 5) is 9.06. The molecular weight excluding hydrogens is 501 g/mol. The van der Waals surface area contributed by atoms with Crippen LogP contribution >= 0.6 is 23.2 Å². The van der Waals surface area contributed by atoms with Gasteiger partial charge in [-0.25, -0.2) is 23.5 Å². The zero-order chi connectivity index (χ0) is 24.5. The molecule has 1 saturated heterocycles. The van der Waals surface area contributed by atoms with Crippen molar-refractivity contribution >= 4 is 50.1 Å². The molecule has 0 bridgehead atoms. The molecule has 0 spiro atoms. The van der Waals surface area contributed by atoms with Gasteiger partial charge in [-0.1, -0.05) is 29.3 Å². The van der Waals surface area contributed by atoms with Crippen LogP contribution in [0.3, 0.4) is 0 Å². The average Bonchev–Trinajstić information content (AvgIpc) is 3.25. The summed E-state index contributed by atoms with van der Waals surface area (Å²) in [5.74, 6) is 1.38. The van der Waals surface area contributed by atoms with E-state index in [-0.39, 0.29) is 17.8 Å². The minimum Gasteiger partial charge on any atom is -0.495 e. The first kappa shape index (κ1) is 24.7. The number of primary sulfonamides is 1. The lowest BCUT2D eigenvalue weighted by Gasteiger charge is -2.15. The summed E-state index contributed by atoms with van der Waals surface area (Å²) in [6, 6.07) is 7.47. The topological polar surface area (TPSA) is 128 Å². The highest BCUT2D eigenvalue weighted by Crippen LogP contribution is 2.46. The van der Waals surface area contributed by atoms with Crippen molar-refractivity contribution in [2.45, 2.75) is 24.9 Å². The predicted octanol–water partition coefficient (Wildman–Crippen LogP) is 3.44. The number of nitrogens with zero attached hydrogens (tertiary/aromatic N) is 2. The maximum absolute atomic E-state index is 11.2. The fraction of sp³-hybridized carbons (Fsp3) is 0.364. The molecule has 1 fully saturated rings. The first-order chi connectivity index (χ1) is 16.2. The summed E-state index contributed by atoms with van der Waals surface area (Å²) in [7, 11) is -0.403. The lowest BCUT2D eigenvalue weighted by atomic mass is 10.0. The summed E-state index contributed by atoms with van der Waals surface area (Å²) in [6.45, 7) is 0.685. The lowest BCUT2D eigenvalue weighted by molar-refractivity contribution is 0.395. The van der Waals surface area contributed by atoms with Gasteiger partial charge < -0.3 is 20.1 Å². The number of methoxy groups -OCH3 is 2. The van der Waals surface area contributed by atoms with Crippen molar-refractivity contribution in [2.75, 3.05) is 31.8 Å². The van der Waals surface area contributed by atoms with Gasteiger partial charge >= 0.3 is 0 Å². The Morgan fingerprint density at radius 2 is 1.88 bits per heavy atom. The Hall–Kier alpha value is -2.37. The molecule has 1 aliphatic rings. The number of nitrogens with one attached hydrogen (secondary N) is 2. The Balaban J connectivity index is 1.54. The van der Waals surface area contributed by atoms with Crippen LogP contribution in [-0.4, -0.2) is 57.0 Å². The van der Waals surface area contributed by atoms with Gasteiger partial charge in [-0.05, 0) is 30.5 Å². The minimum atomic E-state index is -3.47. The van der Waals surface area contributed by atoms with Crippen LogP contribution in [0.1, 0.15) is 12.8 Å². The molecule has 2 atom stereocenters. The number of hydrogen-bond donors (Lipinski definition) is 3. The van der Waals surface area contributed by atoms with Crippen molar-refractivity contribution in [3.05, 3.63) is 40.5 Å². The van der Waals surface area contributed by atoms with E-state index in [4.69, 9.17) is 37.8 Å². The number of sulfonamides is 1. The van der Waals surface area contributed by atoms with Gasteiger partial charge in [-0.2, -0.15) is 0 Å². The van der Waals surface area contributed by atoms with Gasteiger partial charge in [-0.3, -0.25) is 0 Å². The molecule has 1 aliphatic heterocycles. The molecular formula is C22H25Cl2N5O4S. The van der Waals surface area contributed by atoms with Gasteiger partial charge in [0.15, 0.2) is 0 Å². The maximum atomic E-state index is 11.2. The third kappa shape index (κ3) is 5.47. The molecule has 9 nitrogen and oxygen atoms in total. The molecule has 4 rings (SSSR count). The molecule has 2 aromatic carbocycles. The second kappa shape index (κ2) is 10.1. The zero-order valence-corrected chi connectivity index (χ0v) is 21.0. The number of aromatic nitrogens is 2. The van der Waals surface area contributed by atoms with Crippen LogP contribution in [-0.2, 0) is 10.0 Å². The van der Waals surface area contributed by atoms with E-state index < -0.39 is 10.0 Å². The Bertz CT molecular complexity index is 1290. The molecule has 3 aromatic rings. The number of ether oxygens (including phenoxy) is 2. The first-order valence-corrected chi connectivity index (χ1v) is 13.0. The number of halogens is 2. The average molecular weight is 526 g/mol. The van der Waals surface area contributed by atoms with Gasteiger partial charge in [0.25, 0.3) is 0 Å². The van der Waals surface area contributed by atoms with E-state index in [1.165, 1.54) is 14.2 Å². The summed E-state index contributed by atoms with van der Waals surface area (Å²) < 4.78 is 33.1. The minimum absolute atomic E-state index is 0.0423. The normalized spacial score (nSPS) is 18.3. The Morgan fingerprint density at radius 1 is 1.18 bits per heavy atom. The molecule has 34 heavy (non-hydrogen) atoms. The highest BCUT2D eigenvalue weighted by atomic mass is 35.5. The fourth-order valence-electron chi connectivity index (χ4n) is 4.04. The second-order valence-electron chi connectivity index (χ2n) is 8.09. The molecule has 4 N–H and O–H groups in total. The van der Waals surface area contributed by atoms with E-state index >= 15 is 0 Å². The molecule has 2 heterocycles. The van der Waals surface area contributed by atoms with Crippen LogP contribution in [0.25, 0.3) is 22.0 Å². The molecule has 0 amide bonds. The molecule has 0 aliphatic carbocycles. The van der Waals surface area contributed by atoms with E-state index in [1.807, 2.05) is 18.2 Å². The van der Waals surface area contributed by atoms with Crippen LogP contribution in [0.4, 0.5) is 5.95 Å².